The Morgan fingerprint density at radius 3 is 1.15 bits per heavy atom. The first-order valence-corrected chi connectivity index (χ1v) is 2.66. The van der Waals surface area contributed by atoms with Crippen LogP contribution in [0.4, 0.5) is 0 Å². The summed E-state index contributed by atoms with van der Waals surface area (Å²) < 4.78 is 31.6. The van der Waals surface area contributed by atoms with Gasteiger partial charge in [-0.3, -0.25) is 9.11 Å². The molecule has 0 unspecified atom stereocenters. The molecule has 76 valence electrons. The van der Waals surface area contributed by atoms with E-state index in [1.165, 1.54) is 0 Å². The maximum absolute atomic E-state index is 8.74. The van der Waals surface area contributed by atoms with E-state index in [0.29, 0.717) is 0 Å². The molecule has 0 bridgehead atoms. The van der Waals surface area contributed by atoms with Crippen molar-refractivity contribution >= 4 is 136 Å². The Morgan fingerprint density at radius 2 is 1.15 bits per heavy atom. The van der Waals surface area contributed by atoms with E-state index in [-0.39, 0.29) is 134 Å². The summed E-state index contributed by atoms with van der Waals surface area (Å²) in [7, 11) is -4.67. The Labute approximate surface area is 179 Å². The van der Waals surface area contributed by atoms with E-state index in [4.69, 9.17) is 32.8 Å². The Hall–Kier alpha value is 3.14. The molecule has 0 heterocycles. The van der Waals surface area contributed by atoms with Crippen LogP contribution >= 0.6 is 12.4 Å². The van der Waals surface area contributed by atoms with Crippen molar-refractivity contribution in [3.8, 4) is 0 Å². The molecule has 0 atom stereocenters. The third kappa shape index (κ3) is 265. The smallest absolute Gasteiger partial charge is 1.00 e. The van der Waals surface area contributed by atoms with Gasteiger partial charge in [0.1, 0.15) is 0 Å². The Bertz CT molecular complexity index is 183. The average Bonchev–Trinajstić information content (AvgIpc) is 1.19. The molecule has 0 aliphatic heterocycles. The van der Waals surface area contributed by atoms with Crippen LogP contribution in [0.3, 0.4) is 0 Å². The zero-order chi connectivity index (χ0) is 8.08. The summed E-state index contributed by atoms with van der Waals surface area (Å²) >= 11 is 0. The van der Waals surface area contributed by atoms with E-state index in [1.807, 2.05) is 0 Å². The average molecular weight is 324 g/mol. The monoisotopic (exact) mass is 323 g/mol. The first kappa shape index (κ1) is 36.0. The van der Waals surface area contributed by atoms with Gasteiger partial charge in [0.15, 0.2) is 0 Å². The molecule has 0 spiro atoms. The van der Waals surface area contributed by atoms with E-state index < -0.39 is 15.5 Å². The van der Waals surface area contributed by atoms with Crippen LogP contribution in [0.1, 0.15) is 8.56 Å². The van der Waals surface area contributed by atoms with Crippen molar-refractivity contribution in [3.63, 3.8) is 0 Å². The van der Waals surface area contributed by atoms with Crippen LogP contribution in [0.15, 0.2) is 0 Å². The standard InChI is InChI=1S/3Ca.ClH.HNO3.H2O4S.6H/c;;;;2-1(3)4;1-5(2,3)4;;;;;;/h;;;1H;(H,2,3,4);(H2,1,2,3,4);;;;;;/q3*+2;;;;6*-1. The van der Waals surface area contributed by atoms with Gasteiger partial charge in [-0.05, 0) is 0 Å². The largest absolute Gasteiger partial charge is 2.00 e. The molecular formula is H10Ca3ClNO7S. The minimum absolute atomic E-state index is 0. The Balaban J connectivity index is -0.00000000340. The van der Waals surface area contributed by atoms with Gasteiger partial charge in [0.2, 0.25) is 0 Å². The second-order valence-corrected chi connectivity index (χ2v) is 1.58. The molecule has 13 heteroatoms. The third-order valence-corrected chi connectivity index (χ3v) is 0. The molecule has 13 heavy (non-hydrogen) atoms. The fraction of sp³-hybridized carbons (Fsp3) is 0. The summed E-state index contributed by atoms with van der Waals surface area (Å²) in [5.41, 5.74) is 0. The van der Waals surface area contributed by atoms with Crippen LogP contribution in [0.5, 0.6) is 0 Å². The van der Waals surface area contributed by atoms with Crippen molar-refractivity contribution in [1.29, 1.82) is 0 Å². The van der Waals surface area contributed by atoms with Gasteiger partial charge in [0.05, 0.1) is 0 Å². The molecule has 0 saturated carbocycles. The second kappa shape index (κ2) is 20.5. The fourth-order valence-corrected chi connectivity index (χ4v) is 0. The molecular weight excluding hydrogens is 314 g/mol. The first-order valence-electron chi connectivity index (χ1n) is 1.26. The van der Waals surface area contributed by atoms with E-state index in [9.17, 15) is 0 Å². The van der Waals surface area contributed by atoms with E-state index >= 15 is 0 Å². The topological polar surface area (TPSA) is 138 Å². The molecule has 0 aliphatic carbocycles. The molecule has 0 rings (SSSR count). The number of hydrogen-bond acceptors (Lipinski definition) is 4. The fourth-order valence-electron chi connectivity index (χ4n) is 0. The molecule has 0 aromatic rings. The van der Waals surface area contributed by atoms with Gasteiger partial charge in [-0.1, -0.05) is 0 Å². The van der Waals surface area contributed by atoms with Crippen molar-refractivity contribution < 1.29 is 36.4 Å². The van der Waals surface area contributed by atoms with Gasteiger partial charge in [0.25, 0.3) is 5.09 Å². The summed E-state index contributed by atoms with van der Waals surface area (Å²) in [6.45, 7) is 0. The van der Waals surface area contributed by atoms with E-state index in [2.05, 4.69) is 0 Å². The number of halogens is 1. The second-order valence-electron chi connectivity index (χ2n) is 0.686. The first-order chi connectivity index (χ1) is 3.73. The zero-order valence-electron chi connectivity index (χ0n) is 12.4. The van der Waals surface area contributed by atoms with Gasteiger partial charge in [0, 0.05) is 0 Å². The number of hydrogen-bond donors (Lipinski definition) is 3. The van der Waals surface area contributed by atoms with Crippen LogP contribution in [0.25, 0.3) is 0 Å². The van der Waals surface area contributed by atoms with E-state index in [1.54, 1.807) is 0 Å². The molecule has 0 aromatic heterocycles. The number of rotatable bonds is 0. The molecule has 3 N–H and O–H groups in total. The Morgan fingerprint density at radius 1 is 1.15 bits per heavy atom. The Kier molecular flexibility index (Phi) is 56.8. The maximum atomic E-state index is 8.74. The summed E-state index contributed by atoms with van der Waals surface area (Å²) in [5.74, 6) is 0. The van der Waals surface area contributed by atoms with Crippen LogP contribution in [0, 0.1) is 10.1 Å². The molecule has 0 fully saturated rings. The summed E-state index contributed by atoms with van der Waals surface area (Å²) in [5, 5.41) is 13.6. The van der Waals surface area contributed by atoms with Crippen LogP contribution in [-0.2, 0) is 10.4 Å². The van der Waals surface area contributed by atoms with Crippen LogP contribution in [-0.4, -0.2) is 141 Å². The third-order valence-electron chi connectivity index (χ3n) is 0. The maximum Gasteiger partial charge on any atom is 2.00 e. The summed E-state index contributed by atoms with van der Waals surface area (Å²) in [6.07, 6.45) is 0. The van der Waals surface area contributed by atoms with Crippen molar-refractivity contribution in [2.24, 2.45) is 0 Å². The van der Waals surface area contributed by atoms with Crippen LogP contribution in [0.2, 0.25) is 0 Å². The van der Waals surface area contributed by atoms with Gasteiger partial charge in [-0.15, -0.1) is 22.5 Å². The van der Waals surface area contributed by atoms with Gasteiger partial charge < -0.3 is 13.8 Å². The van der Waals surface area contributed by atoms with Gasteiger partial charge in [-0.2, -0.15) is 8.42 Å². The minimum Gasteiger partial charge on any atom is -1.00 e. The SMILES string of the molecule is Cl.O=S(=O)(O)O.O=[N+]([O-])O.[Ca+2].[Ca+2].[Ca+2].[H-].[H-].[H-].[H-].[H-].[H-]. The normalized spacial score (nSPS) is 6.31. The predicted octanol–water partition coefficient (Wildman–Crippen LogP) is -1.05. The van der Waals surface area contributed by atoms with Crippen molar-refractivity contribution in [2.45, 2.75) is 0 Å². The zero-order valence-corrected chi connectivity index (χ0v) is 14.6. The van der Waals surface area contributed by atoms with Gasteiger partial charge >= 0.3 is 124 Å². The quantitative estimate of drug-likeness (QED) is 0.224. The van der Waals surface area contributed by atoms with Crippen LogP contribution < -0.4 is 0 Å². The van der Waals surface area contributed by atoms with Gasteiger partial charge in [-0.25, -0.2) is 0 Å². The van der Waals surface area contributed by atoms with Crippen molar-refractivity contribution in [3.05, 3.63) is 10.1 Å². The summed E-state index contributed by atoms with van der Waals surface area (Å²) in [4.78, 5) is 8.36. The van der Waals surface area contributed by atoms with Crippen molar-refractivity contribution in [2.75, 3.05) is 0 Å². The molecule has 0 amide bonds. The number of nitrogens with zero attached hydrogens (tertiary/aromatic N) is 1. The minimum atomic E-state index is -4.67. The molecule has 0 aromatic carbocycles. The predicted molar refractivity (Wildman–Crippen MR) is 54.1 cm³/mol. The molecule has 8 nitrogen and oxygen atoms in total. The summed E-state index contributed by atoms with van der Waals surface area (Å²) in [6, 6.07) is 0. The van der Waals surface area contributed by atoms with E-state index in [0.717, 1.165) is 0 Å². The molecule has 0 saturated heterocycles. The molecule has 0 aliphatic rings. The molecule has 0 radical (unpaired) electrons. The van der Waals surface area contributed by atoms with Crippen molar-refractivity contribution in [1.82, 2.24) is 0 Å².